The van der Waals surface area contributed by atoms with E-state index in [-0.39, 0.29) is 18.0 Å². The highest BCUT2D eigenvalue weighted by Gasteiger charge is 2.15. The number of carbonyl (C=O) groups excluding carboxylic acids is 1. The van der Waals surface area contributed by atoms with Crippen LogP contribution in [0.5, 0.6) is 11.5 Å². The summed E-state index contributed by atoms with van der Waals surface area (Å²) < 4.78 is 16.2. The lowest BCUT2D eigenvalue weighted by molar-refractivity contribution is -0.385. The van der Waals surface area contributed by atoms with Crippen molar-refractivity contribution in [1.82, 2.24) is 10.2 Å². The Morgan fingerprint density at radius 3 is 2.18 bits per heavy atom. The van der Waals surface area contributed by atoms with Gasteiger partial charge in [0.2, 0.25) is 11.8 Å². The number of nitrogens with one attached hydrogen (secondary N) is 1. The smallest absolute Gasteiger partial charge is 0.310 e. The zero-order valence-electron chi connectivity index (χ0n) is 17.4. The molecular weight excluding hydrogens is 428 g/mol. The number of benzene rings is 3. The number of hydrogen-bond donors (Lipinski definition) is 1. The molecule has 10 nitrogen and oxygen atoms in total. The van der Waals surface area contributed by atoms with E-state index in [1.807, 2.05) is 12.1 Å². The Morgan fingerprint density at radius 1 is 0.970 bits per heavy atom. The van der Waals surface area contributed by atoms with E-state index in [2.05, 4.69) is 15.5 Å². The first-order valence-electron chi connectivity index (χ1n) is 9.78. The second kappa shape index (κ2) is 9.60. The molecule has 3 aromatic carbocycles. The fourth-order valence-electron chi connectivity index (χ4n) is 2.96. The Balaban J connectivity index is 1.37. The van der Waals surface area contributed by atoms with Crippen LogP contribution in [0.1, 0.15) is 0 Å². The van der Waals surface area contributed by atoms with E-state index in [9.17, 15) is 14.9 Å². The summed E-state index contributed by atoms with van der Waals surface area (Å²) in [6, 6.07) is 19.9. The zero-order valence-corrected chi connectivity index (χ0v) is 17.4. The van der Waals surface area contributed by atoms with Gasteiger partial charge in [-0.3, -0.25) is 14.9 Å². The molecule has 4 rings (SSSR count). The van der Waals surface area contributed by atoms with E-state index >= 15 is 0 Å². The van der Waals surface area contributed by atoms with Crippen LogP contribution in [-0.2, 0) is 4.79 Å². The highest BCUT2D eigenvalue weighted by atomic mass is 16.6. The number of carbonyl (C=O) groups is 1. The van der Waals surface area contributed by atoms with Gasteiger partial charge >= 0.3 is 5.69 Å². The maximum atomic E-state index is 12.2. The molecule has 0 aliphatic carbocycles. The molecule has 1 heterocycles. The number of anilines is 1. The van der Waals surface area contributed by atoms with Crippen LogP contribution in [0.25, 0.3) is 22.9 Å². The molecule has 0 saturated heterocycles. The van der Waals surface area contributed by atoms with Crippen LogP contribution >= 0.6 is 0 Å². The molecule has 1 N–H and O–H groups in total. The topological polar surface area (TPSA) is 130 Å². The fraction of sp³-hybridized carbons (Fsp3) is 0.0870. The van der Waals surface area contributed by atoms with Gasteiger partial charge in [0.25, 0.3) is 5.91 Å². The number of ether oxygens (including phenoxy) is 2. The maximum absolute atomic E-state index is 12.2. The zero-order chi connectivity index (χ0) is 23.2. The van der Waals surface area contributed by atoms with E-state index in [1.165, 1.54) is 18.2 Å². The van der Waals surface area contributed by atoms with Crippen LogP contribution in [0.15, 0.2) is 77.2 Å². The quantitative estimate of drug-likeness (QED) is 0.313. The summed E-state index contributed by atoms with van der Waals surface area (Å²) in [6.07, 6.45) is 0. The molecule has 0 saturated carbocycles. The fourth-order valence-corrected chi connectivity index (χ4v) is 2.96. The molecule has 0 fully saturated rings. The molecule has 0 aliphatic rings. The largest absolute Gasteiger partial charge is 0.497 e. The second-order valence-corrected chi connectivity index (χ2v) is 6.78. The standard InChI is InChI=1S/C23H18N4O6/c1-31-18-12-8-16(9-13-18)23-26-25-22(33-23)15-6-10-17(11-7-15)24-21(28)14-32-20-5-3-2-4-19(20)27(29)30/h2-13H,14H2,1H3,(H,24,28). The molecule has 0 atom stereocenters. The number of hydrogen-bond acceptors (Lipinski definition) is 8. The molecular formula is C23H18N4O6. The Bertz CT molecular complexity index is 1270. The van der Waals surface area contributed by atoms with Crippen molar-refractivity contribution in [1.29, 1.82) is 0 Å². The van der Waals surface area contributed by atoms with Crippen molar-refractivity contribution in [3.05, 3.63) is 82.9 Å². The van der Waals surface area contributed by atoms with Crippen LogP contribution in [-0.4, -0.2) is 34.7 Å². The molecule has 1 amide bonds. The summed E-state index contributed by atoms with van der Waals surface area (Å²) in [5.74, 6) is 0.997. The first kappa shape index (κ1) is 21.5. The maximum Gasteiger partial charge on any atom is 0.310 e. The molecule has 1 aromatic heterocycles. The normalized spacial score (nSPS) is 10.5. The number of aromatic nitrogens is 2. The molecule has 166 valence electrons. The third-order valence-corrected chi connectivity index (χ3v) is 4.60. The van der Waals surface area contributed by atoms with Crippen LogP contribution in [0, 0.1) is 10.1 Å². The average molecular weight is 446 g/mol. The molecule has 0 spiro atoms. The molecule has 0 bridgehead atoms. The number of rotatable bonds is 8. The molecule has 33 heavy (non-hydrogen) atoms. The van der Waals surface area contributed by atoms with Gasteiger partial charge in [0, 0.05) is 22.9 Å². The first-order valence-corrected chi connectivity index (χ1v) is 9.78. The molecule has 0 unspecified atom stereocenters. The number of para-hydroxylation sites is 2. The molecule has 0 radical (unpaired) electrons. The summed E-state index contributed by atoms with van der Waals surface area (Å²) >= 11 is 0. The highest BCUT2D eigenvalue weighted by Crippen LogP contribution is 2.27. The highest BCUT2D eigenvalue weighted by molar-refractivity contribution is 5.92. The Morgan fingerprint density at radius 2 is 1.58 bits per heavy atom. The molecule has 4 aromatic rings. The monoisotopic (exact) mass is 446 g/mol. The van der Waals surface area contributed by atoms with Crippen LogP contribution in [0.2, 0.25) is 0 Å². The van der Waals surface area contributed by atoms with Gasteiger partial charge in [-0.15, -0.1) is 10.2 Å². The lowest BCUT2D eigenvalue weighted by atomic mass is 10.2. The molecule has 10 heteroatoms. The summed E-state index contributed by atoms with van der Waals surface area (Å²) in [5, 5.41) is 21.8. The van der Waals surface area contributed by atoms with Crippen molar-refractivity contribution in [3.63, 3.8) is 0 Å². The third-order valence-electron chi connectivity index (χ3n) is 4.60. The van der Waals surface area contributed by atoms with E-state index in [0.29, 0.717) is 23.0 Å². The third kappa shape index (κ3) is 5.13. The predicted octanol–water partition coefficient (Wildman–Crippen LogP) is 4.34. The second-order valence-electron chi connectivity index (χ2n) is 6.78. The summed E-state index contributed by atoms with van der Waals surface area (Å²) in [7, 11) is 1.59. The summed E-state index contributed by atoms with van der Waals surface area (Å²) in [4.78, 5) is 22.6. The minimum Gasteiger partial charge on any atom is -0.497 e. The number of nitro groups is 1. The van der Waals surface area contributed by atoms with Gasteiger partial charge in [-0.2, -0.15) is 0 Å². The Kier molecular flexibility index (Phi) is 6.26. The SMILES string of the molecule is COc1ccc(-c2nnc(-c3ccc(NC(=O)COc4ccccc4[N+](=O)[O-])cc3)o2)cc1. The van der Waals surface area contributed by atoms with E-state index < -0.39 is 10.8 Å². The Labute approximate surface area is 187 Å². The van der Waals surface area contributed by atoms with Gasteiger partial charge in [0.15, 0.2) is 12.4 Å². The van der Waals surface area contributed by atoms with Gasteiger partial charge < -0.3 is 19.2 Å². The first-order chi connectivity index (χ1) is 16.0. The average Bonchev–Trinajstić information content (AvgIpc) is 3.34. The number of nitrogens with zero attached hydrogens (tertiary/aromatic N) is 3. The minimum atomic E-state index is -0.566. The van der Waals surface area contributed by atoms with Crippen LogP contribution < -0.4 is 14.8 Å². The van der Waals surface area contributed by atoms with Gasteiger partial charge in [-0.05, 0) is 54.6 Å². The Hall–Kier alpha value is -4.73. The van der Waals surface area contributed by atoms with Crippen LogP contribution in [0.4, 0.5) is 11.4 Å². The number of methoxy groups -OCH3 is 1. The lowest BCUT2D eigenvalue weighted by Gasteiger charge is -2.08. The van der Waals surface area contributed by atoms with Crippen molar-refractivity contribution in [2.45, 2.75) is 0 Å². The van der Waals surface area contributed by atoms with Crippen molar-refractivity contribution in [2.75, 3.05) is 19.0 Å². The van der Waals surface area contributed by atoms with Crippen molar-refractivity contribution >= 4 is 17.3 Å². The van der Waals surface area contributed by atoms with Gasteiger partial charge in [-0.1, -0.05) is 12.1 Å². The summed E-state index contributed by atoms with van der Waals surface area (Å²) in [6.45, 7) is -0.374. The lowest BCUT2D eigenvalue weighted by Crippen LogP contribution is -2.20. The van der Waals surface area contributed by atoms with Crippen LogP contribution in [0.3, 0.4) is 0 Å². The van der Waals surface area contributed by atoms with Gasteiger partial charge in [0.1, 0.15) is 5.75 Å². The minimum absolute atomic E-state index is 0.0251. The summed E-state index contributed by atoms with van der Waals surface area (Å²) in [5.41, 5.74) is 1.75. The van der Waals surface area contributed by atoms with E-state index in [0.717, 1.165) is 11.3 Å². The van der Waals surface area contributed by atoms with E-state index in [4.69, 9.17) is 13.9 Å². The van der Waals surface area contributed by atoms with Crippen molar-refractivity contribution in [2.24, 2.45) is 0 Å². The van der Waals surface area contributed by atoms with Gasteiger partial charge in [-0.25, -0.2) is 0 Å². The van der Waals surface area contributed by atoms with E-state index in [1.54, 1.807) is 49.6 Å². The van der Waals surface area contributed by atoms with Gasteiger partial charge in [0.05, 0.1) is 12.0 Å². The predicted molar refractivity (Wildman–Crippen MR) is 119 cm³/mol. The van der Waals surface area contributed by atoms with Crippen molar-refractivity contribution < 1.29 is 23.6 Å². The van der Waals surface area contributed by atoms with Crippen molar-refractivity contribution in [3.8, 4) is 34.4 Å². The number of nitro benzene ring substituents is 1. The molecule has 0 aliphatic heterocycles. The number of amides is 1.